The molecule has 0 amide bonds. The molecule has 8 atom stereocenters. The second kappa shape index (κ2) is 33.4. The molecule has 0 aromatic carbocycles. The van der Waals surface area contributed by atoms with Gasteiger partial charge in [0.2, 0.25) is 0 Å². The lowest BCUT2D eigenvalue weighted by molar-refractivity contribution is -0.220. The van der Waals surface area contributed by atoms with Crippen LogP contribution in [0.5, 0.6) is 0 Å². The van der Waals surface area contributed by atoms with Crippen LogP contribution in [-0.2, 0) is 32.7 Å². The predicted molar refractivity (Wildman–Crippen MR) is 217 cm³/mol. The van der Waals surface area contributed by atoms with Gasteiger partial charge in [-0.2, -0.15) is 0 Å². The zero-order chi connectivity index (χ0) is 41.4. The average molecular weight is 823 g/mol. The van der Waals surface area contributed by atoms with Crippen molar-refractivity contribution in [3.05, 3.63) is 12.2 Å². The number of aliphatic hydroxyl groups is 5. The van der Waals surface area contributed by atoms with E-state index in [4.69, 9.17) is 18.5 Å². The first-order valence-electron chi connectivity index (χ1n) is 22.0. The number of hydrogen-bond donors (Lipinski definition) is 6. The minimum absolute atomic E-state index is 0.100. The van der Waals surface area contributed by atoms with Crippen molar-refractivity contribution in [1.82, 2.24) is 0 Å². The van der Waals surface area contributed by atoms with E-state index in [9.17, 15) is 44.6 Å². The number of phosphoric acid groups is 1. The normalized spacial score (nSPS) is 22.9. The number of carbonyl (C=O) groups is 2. The van der Waals surface area contributed by atoms with Gasteiger partial charge in [-0.15, -0.1) is 0 Å². The van der Waals surface area contributed by atoms with Crippen LogP contribution in [0, 0.1) is 0 Å². The fraction of sp³-hybridized carbons (Fsp3) is 0.905. The SMILES string of the molecule is CCCC/C=C\CCCCCCCC(=O)OC[C@H](COP(=O)(O)OC1C(O)C(O)C(O)[C@@H](O)C1O)OC(=O)CCCCCCCCCCCCCCCCCC. The van der Waals surface area contributed by atoms with Crippen LogP contribution in [0.4, 0.5) is 0 Å². The Hall–Kier alpha value is -1.41. The summed E-state index contributed by atoms with van der Waals surface area (Å²) in [5.41, 5.74) is 0. The van der Waals surface area contributed by atoms with Gasteiger partial charge in [-0.3, -0.25) is 18.6 Å². The summed E-state index contributed by atoms with van der Waals surface area (Å²) >= 11 is 0. The largest absolute Gasteiger partial charge is 0.472 e. The van der Waals surface area contributed by atoms with E-state index in [0.717, 1.165) is 57.8 Å². The van der Waals surface area contributed by atoms with Crippen molar-refractivity contribution in [1.29, 1.82) is 0 Å². The summed E-state index contributed by atoms with van der Waals surface area (Å²) in [4.78, 5) is 35.6. The van der Waals surface area contributed by atoms with Crippen LogP contribution in [0.2, 0.25) is 0 Å². The number of aliphatic hydroxyl groups excluding tert-OH is 5. The Bertz CT molecular complexity index is 1040. The maximum Gasteiger partial charge on any atom is 0.472 e. The zero-order valence-electron chi connectivity index (χ0n) is 34.7. The molecule has 0 aromatic rings. The van der Waals surface area contributed by atoms with Crippen LogP contribution >= 0.6 is 7.82 Å². The molecule has 0 bridgehead atoms. The summed E-state index contributed by atoms with van der Waals surface area (Å²) < 4.78 is 33.4. The summed E-state index contributed by atoms with van der Waals surface area (Å²) in [6.45, 7) is 3.25. The molecule has 0 aliphatic heterocycles. The molecule has 6 N–H and O–H groups in total. The first-order valence-corrected chi connectivity index (χ1v) is 23.5. The van der Waals surface area contributed by atoms with Crippen LogP contribution in [0.15, 0.2) is 12.2 Å². The molecule has 330 valence electrons. The summed E-state index contributed by atoms with van der Waals surface area (Å²) in [7, 11) is -5.11. The zero-order valence-corrected chi connectivity index (χ0v) is 35.6. The molecule has 0 heterocycles. The first kappa shape index (κ1) is 52.6. The van der Waals surface area contributed by atoms with E-state index >= 15 is 0 Å². The van der Waals surface area contributed by atoms with Gasteiger partial charge >= 0.3 is 19.8 Å². The maximum absolute atomic E-state index is 12.8. The Morgan fingerprint density at radius 3 is 1.41 bits per heavy atom. The van der Waals surface area contributed by atoms with Crippen molar-refractivity contribution in [2.45, 2.75) is 230 Å². The average Bonchev–Trinajstić information content (AvgIpc) is 3.18. The van der Waals surface area contributed by atoms with Gasteiger partial charge in [0.15, 0.2) is 6.10 Å². The van der Waals surface area contributed by atoms with Gasteiger partial charge in [0.05, 0.1) is 6.61 Å². The molecule has 1 fully saturated rings. The Balaban J connectivity index is 2.47. The highest BCUT2D eigenvalue weighted by molar-refractivity contribution is 7.47. The van der Waals surface area contributed by atoms with Gasteiger partial charge in [0, 0.05) is 12.8 Å². The number of hydrogen-bond acceptors (Lipinski definition) is 12. The number of esters is 2. The van der Waals surface area contributed by atoms with Gasteiger partial charge in [0.1, 0.15) is 43.2 Å². The van der Waals surface area contributed by atoms with Gasteiger partial charge in [-0.25, -0.2) is 4.57 Å². The molecular weight excluding hydrogens is 743 g/mol. The molecule has 0 spiro atoms. The highest BCUT2D eigenvalue weighted by Crippen LogP contribution is 2.47. The summed E-state index contributed by atoms with van der Waals surface area (Å²) in [6, 6.07) is 0. The third kappa shape index (κ3) is 25.8. The quantitative estimate of drug-likeness (QED) is 0.0154. The molecule has 0 aromatic heterocycles. The second-order valence-corrected chi connectivity index (χ2v) is 17.0. The second-order valence-electron chi connectivity index (χ2n) is 15.6. The first-order chi connectivity index (χ1) is 26.9. The van der Waals surface area contributed by atoms with E-state index in [1.807, 2.05) is 0 Å². The van der Waals surface area contributed by atoms with Crippen LogP contribution in [0.25, 0.3) is 0 Å². The highest BCUT2D eigenvalue weighted by Gasteiger charge is 2.51. The maximum atomic E-state index is 12.8. The fourth-order valence-corrected chi connectivity index (χ4v) is 7.71. The van der Waals surface area contributed by atoms with Gasteiger partial charge in [-0.1, -0.05) is 154 Å². The number of ether oxygens (including phenoxy) is 2. The van der Waals surface area contributed by atoms with E-state index < -0.39 is 75.7 Å². The van der Waals surface area contributed by atoms with Gasteiger partial charge < -0.3 is 39.9 Å². The summed E-state index contributed by atoms with van der Waals surface area (Å²) in [5.74, 6) is -1.10. The molecule has 0 saturated heterocycles. The number of phosphoric ester groups is 1. The van der Waals surface area contributed by atoms with E-state index in [0.29, 0.717) is 12.8 Å². The highest BCUT2D eigenvalue weighted by atomic mass is 31.2. The number of allylic oxidation sites excluding steroid dienone is 2. The van der Waals surface area contributed by atoms with Crippen LogP contribution in [-0.4, -0.2) is 98.3 Å². The monoisotopic (exact) mass is 823 g/mol. The molecule has 1 rings (SSSR count). The van der Waals surface area contributed by atoms with Crippen molar-refractivity contribution < 1.29 is 63.1 Å². The number of carbonyl (C=O) groups excluding carboxylic acids is 2. The van der Waals surface area contributed by atoms with Crippen LogP contribution < -0.4 is 0 Å². The predicted octanol–water partition coefficient (Wildman–Crippen LogP) is 7.89. The van der Waals surface area contributed by atoms with Crippen LogP contribution in [0.3, 0.4) is 0 Å². The Kier molecular flexibility index (Phi) is 31.4. The third-order valence-electron chi connectivity index (χ3n) is 10.4. The van der Waals surface area contributed by atoms with E-state index in [-0.39, 0.29) is 12.8 Å². The number of rotatable bonds is 36. The fourth-order valence-electron chi connectivity index (χ4n) is 6.74. The van der Waals surface area contributed by atoms with Gasteiger partial charge in [-0.05, 0) is 32.1 Å². The Labute approximate surface area is 337 Å². The minimum Gasteiger partial charge on any atom is -0.462 e. The van der Waals surface area contributed by atoms with Crippen molar-refractivity contribution in [2.24, 2.45) is 0 Å². The van der Waals surface area contributed by atoms with Crippen molar-refractivity contribution in [3.8, 4) is 0 Å². The molecule has 13 nitrogen and oxygen atoms in total. The Morgan fingerprint density at radius 1 is 0.536 bits per heavy atom. The molecule has 1 aliphatic carbocycles. The van der Waals surface area contributed by atoms with Crippen molar-refractivity contribution in [3.63, 3.8) is 0 Å². The third-order valence-corrected chi connectivity index (χ3v) is 11.3. The van der Waals surface area contributed by atoms with E-state index in [1.54, 1.807) is 0 Å². The number of unbranched alkanes of at least 4 members (excludes halogenated alkanes) is 22. The molecule has 1 saturated carbocycles. The molecule has 0 radical (unpaired) electrons. The molecule has 56 heavy (non-hydrogen) atoms. The summed E-state index contributed by atoms with van der Waals surface area (Å²) in [5, 5.41) is 50.0. The van der Waals surface area contributed by atoms with E-state index in [2.05, 4.69) is 26.0 Å². The lowest BCUT2D eigenvalue weighted by Crippen LogP contribution is -2.64. The lowest BCUT2D eigenvalue weighted by Gasteiger charge is -2.41. The standard InChI is InChI=1S/C42H79O13P/c1-3-5-7-9-11-13-15-16-17-18-19-21-23-25-27-29-31-36(44)54-34(32-52-35(43)30-28-26-24-22-20-14-12-10-8-6-4-2)33-53-56(50,51)55-42-40(48)38(46)37(45)39(47)41(42)49/h10,12,34,37-42,45-49H,3-9,11,13-33H2,1-2H3,(H,50,51)/b12-10-/t34-,37?,38-,39?,40?,41?,42?/m1/s1. The minimum atomic E-state index is -5.11. The molecule has 6 unspecified atom stereocenters. The molecular formula is C42H79O13P. The Morgan fingerprint density at radius 2 is 0.929 bits per heavy atom. The van der Waals surface area contributed by atoms with Crippen molar-refractivity contribution in [2.75, 3.05) is 13.2 Å². The summed E-state index contributed by atoms with van der Waals surface area (Å²) in [6.07, 6.45) is 19.9. The van der Waals surface area contributed by atoms with E-state index in [1.165, 1.54) is 89.9 Å². The lowest BCUT2D eigenvalue weighted by atomic mass is 9.85. The van der Waals surface area contributed by atoms with Crippen molar-refractivity contribution >= 4 is 19.8 Å². The van der Waals surface area contributed by atoms with Gasteiger partial charge in [0.25, 0.3) is 0 Å². The molecule has 14 heteroatoms. The molecule has 1 aliphatic rings. The topological polar surface area (TPSA) is 210 Å². The smallest absolute Gasteiger partial charge is 0.462 e. The van der Waals surface area contributed by atoms with Crippen LogP contribution in [0.1, 0.15) is 187 Å².